The quantitative estimate of drug-likeness (QED) is 0.372. The summed E-state index contributed by atoms with van der Waals surface area (Å²) in [5.41, 5.74) is 0. The number of rotatable bonds is 10. The second kappa shape index (κ2) is 10.3. The van der Waals surface area contributed by atoms with E-state index in [0.717, 1.165) is 31.1 Å². The minimum atomic E-state index is 0.0932. The van der Waals surface area contributed by atoms with Crippen LogP contribution in [0.3, 0.4) is 0 Å². The van der Waals surface area contributed by atoms with Crippen molar-refractivity contribution < 1.29 is 9.53 Å². The number of hydrogen-bond donors (Lipinski definition) is 0. The highest BCUT2D eigenvalue weighted by atomic mass is 16.5. The molecule has 2 rings (SSSR count). The van der Waals surface area contributed by atoms with E-state index in [1.807, 2.05) is 0 Å². The zero-order chi connectivity index (χ0) is 15.6. The molecule has 22 heavy (non-hydrogen) atoms. The Kier molecular flexibility index (Phi) is 8.33. The molecule has 0 aromatic carbocycles. The largest absolute Gasteiger partial charge is 0.465 e. The van der Waals surface area contributed by atoms with Crippen LogP contribution in [0.4, 0.5) is 0 Å². The van der Waals surface area contributed by atoms with Gasteiger partial charge >= 0.3 is 5.97 Å². The van der Waals surface area contributed by atoms with Crippen LogP contribution in [0.2, 0.25) is 0 Å². The van der Waals surface area contributed by atoms with E-state index in [1.165, 1.54) is 70.6 Å². The molecular weight excluding hydrogens is 272 g/mol. The fourth-order valence-electron chi connectivity index (χ4n) is 3.98. The molecule has 0 atom stereocenters. The molecule has 2 fully saturated rings. The van der Waals surface area contributed by atoms with Crippen molar-refractivity contribution in [2.24, 2.45) is 17.8 Å². The van der Waals surface area contributed by atoms with Crippen LogP contribution in [0.15, 0.2) is 0 Å². The summed E-state index contributed by atoms with van der Waals surface area (Å²) in [5.74, 6) is 2.15. The highest BCUT2D eigenvalue weighted by Crippen LogP contribution is 2.33. The van der Waals surface area contributed by atoms with Crippen molar-refractivity contribution in [3.05, 3.63) is 0 Å². The van der Waals surface area contributed by atoms with Gasteiger partial charge in [0, 0.05) is 0 Å². The normalized spacial score (nSPS) is 25.7. The van der Waals surface area contributed by atoms with E-state index in [9.17, 15) is 4.79 Å². The monoisotopic (exact) mass is 308 g/mol. The van der Waals surface area contributed by atoms with Crippen LogP contribution >= 0.6 is 0 Å². The molecule has 0 spiro atoms. The van der Waals surface area contributed by atoms with Crippen molar-refractivity contribution >= 4 is 5.97 Å². The number of esters is 1. The van der Waals surface area contributed by atoms with Crippen molar-refractivity contribution in [3.8, 4) is 0 Å². The predicted octanol–water partition coefficient (Wildman–Crippen LogP) is 5.89. The second-order valence-electron chi connectivity index (χ2n) is 7.67. The Morgan fingerprint density at radius 1 is 0.864 bits per heavy atom. The average Bonchev–Trinajstić information content (AvgIpc) is 2.49. The molecule has 0 unspecified atom stereocenters. The second-order valence-corrected chi connectivity index (χ2v) is 7.67. The number of carbonyl (C=O) groups is 1. The highest BCUT2D eigenvalue weighted by molar-refractivity contribution is 5.72. The van der Waals surface area contributed by atoms with Gasteiger partial charge in [-0.25, -0.2) is 0 Å². The minimum absolute atomic E-state index is 0.0932. The first-order chi connectivity index (χ1) is 10.8. The zero-order valence-corrected chi connectivity index (χ0v) is 14.7. The fraction of sp³-hybridized carbons (Fsp3) is 0.950. The summed E-state index contributed by atoms with van der Waals surface area (Å²) in [6, 6.07) is 0. The first-order valence-electron chi connectivity index (χ1n) is 9.96. The molecule has 0 aliphatic heterocycles. The van der Waals surface area contributed by atoms with Gasteiger partial charge in [-0.05, 0) is 50.4 Å². The lowest BCUT2D eigenvalue weighted by molar-refractivity contribution is -0.150. The third kappa shape index (κ3) is 6.30. The van der Waals surface area contributed by atoms with Gasteiger partial charge in [0.1, 0.15) is 0 Å². The van der Waals surface area contributed by atoms with E-state index in [0.29, 0.717) is 6.61 Å². The van der Waals surface area contributed by atoms with Gasteiger partial charge in [0.2, 0.25) is 0 Å². The lowest BCUT2D eigenvalue weighted by Crippen LogP contribution is -2.24. The topological polar surface area (TPSA) is 26.3 Å². The third-order valence-corrected chi connectivity index (χ3v) is 5.87. The summed E-state index contributed by atoms with van der Waals surface area (Å²) in [6.45, 7) is 2.92. The Bertz CT molecular complexity index is 301. The van der Waals surface area contributed by atoms with Gasteiger partial charge in [-0.2, -0.15) is 0 Å². The van der Waals surface area contributed by atoms with Crippen LogP contribution in [0, 0.1) is 17.8 Å². The Morgan fingerprint density at radius 2 is 1.50 bits per heavy atom. The molecule has 0 heterocycles. The number of carbonyl (C=O) groups excluding carboxylic acids is 1. The highest BCUT2D eigenvalue weighted by Gasteiger charge is 2.27. The molecule has 0 aromatic heterocycles. The summed E-state index contributed by atoms with van der Waals surface area (Å²) >= 11 is 0. The minimum Gasteiger partial charge on any atom is -0.465 e. The van der Waals surface area contributed by atoms with Gasteiger partial charge in [-0.1, -0.05) is 58.3 Å². The Hall–Kier alpha value is -0.530. The van der Waals surface area contributed by atoms with Crippen LogP contribution in [-0.4, -0.2) is 12.6 Å². The summed E-state index contributed by atoms with van der Waals surface area (Å²) in [5, 5.41) is 0. The summed E-state index contributed by atoms with van der Waals surface area (Å²) in [6.07, 6.45) is 18.0. The van der Waals surface area contributed by atoms with E-state index >= 15 is 0 Å². The van der Waals surface area contributed by atoms with E-state index in [4.69, 9.17) is 4.74 Å². The van der Waals surface area contributed by atoms with Crippen molar-refractivity contribution in [1.82, 2.24) is 0 Å². The maximum atomic E-state index is 12.1. The maximum absolute atomic E-state index is 12.1. The smallest absolute Gasteiger partial charge is 0.308 e. The van der Waals surface area contributed by atoms with Gasteiger partial charge in [0.25, 0.3) is 0 Å². The lowest BCUT2D eigenvalue weighted by Gasteiger charge is -2.27. The summed E-state index contributed by atoms with van der Waals surface area (Å²) < 4.78 is 5.51. The summed E-state index contributed by atoms with van der Waals surface area (Å²) in [4.78, 5) is 12.1. The Morgan fingerprint density at radius 3 is 2.09 bits per heavy atom. The molecule has 2 aliphatic rings. The van der Waals surface area contributed by atoms with Crippen LogP contribution < -0.4 is 0 Å². The molecule has 0 bridgehead atoms. The van der Waals surface area contributed by atoms with Crippen LogP contribution in [-0.2, 0) is 9.53 Å². The molecular formula is C20H36O2. The maximum Gasteiger partial charge on any atom is 0.308 e. The van der Waals surface area contributed by atoms with Gasteiger partial charge in [-0.3, -0.25) is 4.79 Å². The number of hydrogen-bond acceptors (Lipinski definition) is 2. The van der Waals surface area contributed by atoms with Crippen LogP contribution in [0.1, 0.15) is 96.8 Å². The molecule has 2 nitrogen and oxygen atoms in total. The Labute approximate surface area is 137 Å². The molecule has 2 aliphatic carbocycles. The molecule has 2 heteroatoms. The first kappa shape index (κ1) is 17.8. The molecule has 0 saturated heterocycles. The third-order valence-electron chi connectivity index (χ3n) is 5.87. The predicted molar refractivity (Wildman–Crippen MR) is 91.7 cm³/mol. The van der Waals surface area contributed by atoms with Gasteiger partial charge in [0.05, 0.1) is 12.5 Å². The van der Waals surface area contributed by atoms with Crippen molar-refractivity contribution in [1.29, 1.82) is 0 Å². The van der Waals surface area contributed by atoms with Crippen molar-refractivity contribution in [3.63, 3.8) is 0 Å². The fourth-order valence-corrected chi connectivity index (χ4v) is 3.98. The number of unbranched alkanes of at least 4 members (excludes halogenated alkanes) is 3. The van der Waals surface area contributed by atoms with Gasteiger partial charge < -0.3 is 4.74 Å². The molecule has 2 saturated carbocycles. The van der Waals surface area contributed by atoms with E-state index in [-0.39, 0.29) is 11.9 Å². The first-order valence-corrected chi connectivity index (χ1v) is 9.96. The Balaban J connectivity index is 1.47. The standard InChI is InChI=1S/C20H36O2/c1-2-3-4-8-18-12-14-19(15-13-18)20(21)22-16-6-5-9-17-10-7-11-17/h17-19H,2-16H2,1H3. The van der Waals surface area contributed by atoms with Crippen molar-refractivity contribution in [2.45, 2.75) is 96.8 Å². The zero-order valence-electron chi connectivity index (χ0n) is 14.7. The molecule has 128 valence electrons. The molecule has 0 N–H and O–H groups in total. The van der Waals surface area contributed by atoms with Crippen LogP contribution in [0.5, 0.6) is 0 Å². The van der Waals surface area contributed by atoms with Gasteiger partial charge in [0.15, 0.2) is 0 Å². The average molecular weight is 309 g/mol. The molecule has 0 aromatic rings. The lowest BCUT2D eigenvalue weighted by atomic mass is 9.80. The van der Waals surface area contributed by atoms with E-state index in [2.05, 4.69) is 6.92 Å². The van der Waals surface area contributed by atoms with E-state index in [1.54, 1.807) is 0 Å². The number of ether oxygens (including phenoxy) is 1. The molecule has 0 radical (unpaired) electrons. The van der Waals surface area contributed by atoms with E-state index < -0.39 is 0 Å². The van der Waals surface area contributed by atoms with Crippen LogP contribution in [0.25, 0.3) is 0 Å². The van der Waals surface area contributed by atoms with Crippen molar-refractivity contribution in [2.75, 3.05) is 6.61 Å². The summed E-state index contributed by atoms with van der Waals surface area (Å²) in [7, 11) is 0. The van der Waals surface area contributed by atoms with Gasteiger partial charge in [-0.15, -0.1) is 0 Å². The molecule has 0 amide bonds. The SMILES string of the molecule is CCCCCC1CCC(C(=O)OCCCCC2CCC2)CC1.